The number of nitrogens with zero attached hydrogens (tertiary/aromatic N) is 5. The third kappa shape index (κ3) is 5.32. The van der Waals surface area contributed by atoms with E-state index in [9.17, 15) is 0 Å². The monoisotopic (exact) mass is 471 g/mol. The van der Waals surface area contributed by atoms with Crippen LogP contribution < -0.4 is 15.5 Å². The first kappa shape index (κ1) is 22.2. The van der Waals surface area contributed by atoms with E-state index in [4.69, 9.17) is 13.9 Å². The van der Waals surface area contributed by atoms with E-state index in [1.165, 1.54) is 12.6 Å². The van der Waals surface area contributed by atoms with E-state index in [0.29, 0.717) is 24.1 Å². The van der Waals surface area contributed by atoms with E-state index in [-0.39, 0.29) is 6.01 Å². The van der Waals surface area contributed by atoms with Crippen LogP contribution in [0, 0.1) is 0 Å². The summed E-state index contributed by atoms with van der Waals surface area (Å²) in [5, 5.41) is 14.8. The molecule has 0 bridgehead atoms. The van der Waals surface area contributed by atoms with Gasteiger partial charge < -0.3 is 24.1 Å². The summed E-state index contributed by atoms with van der Waals surface area (Å²) in [6.07, 6.45) is 16.1. The van der Waals surface area contributed by atoms with Crippen molar-refractivity contribution in [2.45, 2.75) is 19.4 Å². The van der Waals surface area contributed by atoms with Crippen LogP contribution in [0.15, 0.2) is 89.3 Å². The van der Waals surface area contributed by atoms with Crippen LogP contribution in [0.1, 0.15) is 18.4 Å². The maximum Gasteiger partial charge on any atom is 0.322 e. The van der Waals surface area contributed by atoms with Gasteiger partial charge in [0.1, 0.15) is 12.6 Å². The van der Waals surface area contributed by atoms with Crippen molar-refractivity contribution >= 4 is 17.4 Å². The highest BCUT2D eigenvalue weighted by atomic mass is 16.6. The van der Waals surface area contributed by atoms with Gasteiger partial charge in [0.2, 0.25) is 5.88 Å². The Morgan fingerprint density at radius 3 is 2.77 bits per heavy atom. The number of benzene rings is 1. The third-order valence-electron chi connectivity index (χ3n) is 5.40. The molecule has 10 heteroatoms. The summed E-state index contributed by atoms with van der Waals surface area (Å²) < 4.78 is 17.3. The van der Waals surface area contributed by atoms with Gasteiger partial charge in [-0.1, -0.05) is 23.3 Å². The van der Waals surface area contributed by atoms with Gasteiger partial charge in [-0.3, -0.25) is 5.32 Å². The molecular formula is C25H25N7O3. The number of hydrogen-bond donors (Lipinski definition) is 2. The summed E-state index contributed by atoms with van der Waals surface area (Å²) >= 11 is 0. The molecular weight excluding hydrogens is 446 g/mol. The van der Waals surface area contributed by atoms with E-state index in [2.05, 4.69) is 36.9 Å². The summed E-state index contributed by atoms with van der Waals surface area (Å²) in [7, 11) is 3.97. The lowest BCUT2D eigenvalue weighted by molar-refractivity contribution is 0.232. The van der Waals surface area contributed by atoms with Crippen LogP contribution >= 0.6 is 0 Å². The molecule has 1 aromatic carbocycles. The minimum atomic E-state index is 0.188. The van der Waals surface area contributed by atoms with E-state index >= 15 is 0 Å². The molecule has 178 valence electrons. The maximum absolute atomic E-state index is 5.92. The highest BCUT2D eigenvalue weighted by Crippen LogP contribution is 2.33. The van der Waals surface area contributed by atoms with Crippen molar-refractivity contribution in [2.24, 2.45) is 0 Å². The molecule has 1 aliphatic heterocycles. The predicted octanol–water partition coefficient (Wildman–Crippen LogP) is 4.58. The normalized spacial score (nSPS) is 14.7. The van der Waals surface area contributed by atoms with Crippen molar-refractivity contribution in [1.82, 2.24) is 20.2 Å². The molecule has 3 aromatic rings. The number of anilines is 3. The maximum atomic E-state index is 5.92. The summed E-state index contributed by atoms with van der Waals surface area (Å²) in [6, 6.07) is 6.15. The average molecular weight is 472 g/mol. The molecule has 0 saturated heterocycles. The van der Waals surface area contributed by atoms with Crippen molar-refractivity contribution < 1.29 is 13.9 Å². The molecule has 5 rings (SSSR count). The summed E-state index contributed by atoms with van der Waals surface area (Å²) in [5.41, 5.74) is 4.65. The highest BCUT2D eigenvalue weighted by Gasteiger charge is 2.19. The minimum absolute atomic E-state index is 0.188. The van der Waals surface area contributed by atoms with Gasteiger partial charge in [0.25, 0.3) is 5.89 Å². The Kier molecular flexibility index (Phi) is 6.42. The third-order valence-corrected chi connectivity index (χ3v) is 5.40. The predicted molar refractivity (Wildman–Crippen MR) is 132 cm³/mol. The molecule has 10 nitrogen and oxygen atoms in total. The van der Waals surface area contributed by atoms with Gasteiger partial charge >= 0.3 is 6.01 Å². The van der Waals surface area contributed by atoms with E-state index in [1.807, 2.05) is 49.3 Å². The van der Waals surface area contributed by atoms with Gasteiger partial charge in [0, 0.05) is 50.0 Å². The van der Waals surface area contributed by atoms with Gasteiger partial charge in [0.05, 0.1) is 5.56 Å². The number of hydrogen-bond acceptors (Lipinski definition) is 10. The smallest absolute Gasteiger partial charge is 0.322 e. The molecule has 0 atom stereocenters. The highest BCUT2D eigenvalue weighted by molar-refractivity contribution is 5.77. The fourth-order valence-electron chi connectivity index (χ4n) is 3.58. The van der Waals surface area contributed by atoms with Crippen LogP contribution in [0.2, 0.25) is 0 Å². The van der Waals surface area contributed by atoms with Crippen LogP contribution in [-0.4, -0.2) is 34.3 Å². The molecule has 0 unspecified atom stereocenters. The Balaban J connectivity index is 1.32. The molecule has 3 heterocycles. The molecule has 0 radical (unpaired) electrons. The zero-order valence-electron chi connectivity index (χ0n) is 19.4. The Morgan fingerprint density at radius 2 is 1.97 bits per heavy atom. The standard InChI is InChI=1S/C25H25N7O3/c1-32(2)19-8-9-20(21(10-19)28-13-17-11-26-16-27-12-17)24-30-31-25(35-24)29-23-15-33-14-22(34-23)18-6-4-3-5-7-18/h3-4,6,8-12,14-16,28H,5,7,13H2,1-2H3,(H,29,31). The molecule has 2 aromatic heterocycles. The minimum Gasteiger partial charge on any atom is -0.463 e. The molecule has 0 amide bonds. The Bertz CT molecular complexity index is 1310. The van der Waals surface area contributed by atoms with Crippen molar-refractivity contribution in [2.75, 3.05) is 29.6 Å². The first-order valence-corrected chi connectivity index (χ1v) is 11.2. The van der Waals surface area contributed by atoms with Gasteiger partial charge in [-0.05, 0) is 36.6 Å². The average Bonchev–Trinajstić information content (AvgIpc) is 3.36. The second-order valence-corrected chi connectivity index (χ2v) is 8.12. The van der Waals surface area contributed by atoms with Crippen LogP contribution in [0.4, 0.5) is 17.4 Å². The van der Waals surface area contributed by atoms with Crippen molar-refractivity contribution in [3.63, 3.8) is 0 Å². The first-order valence-electron chi connectivity index (χ1n) is 11.2. The van der Waals surface area contributed by atoms with Crippen LogP contribution in [0.25, 0.3) is 11.5 Å². The molecule has 0 spiro atoms. The number of ether oxygens (including phenoxy) is 2. The number of aromatic nitrogens is 4. The second kappa shape index (κ2) is 10.1. The molecule has 2 N–H and O–H groups in total. The lowest BCUT2D eigenvalue weighted by Crippen LogP contribution is -2.10. The van der Waals surface area contributed by atoms with Crippen LogP contribution in [-0.2, 0) is 16.0 Å². The summed E-state index contributed by atoms with van der Waals surface area (Å²) in [5.74, 6) is 1.37. The summed E-state index contributed by atoms with van der Waals surface area (Å²) in [4.78, 5) is 10.2. The molecule has 35 heavy (non-hydrogen) atoms. The summed E-state index contributed by atoms with van der Waals surface area (Å²) in [6.45, 7) is 0.544. The van der Waals surface area contributed by atoms with E-state index < -0.39 is 0 Å². The van der Waals surface area contributed by atoms with Crippen LogP contribution in [0.3, 0.4) is 0 Å². The number of nitrogens with one attached hydrogen (secondary N) is 2. The fourth-order valence-corrected chi connectivity index (χ4v) is 3.58. The quantitative estimate of drug-likeness (QED) is 0.484. The second-order valence-electron chi connectivity index (χ2n) is 8.12. The molecule has 0 saturated carbocycles. The Morgan fingerprint density at radius 1 is 1.09 bits per heavy atom. The van der Waals surface area contributed by atoms with Crippen molar-refractivity contribution in [1.29, 1.82) is 0 Å². The largest absolute Gasteiger partial charge is 0.463 e. The SMILES string of the molecule is CN(C)c1ccc(-c2nnc(NC3=COC=C(C4=CC=CCC4)O3)o2)c(NCc2cncnc2)c1. The molecule has 1 aliphatic carbocycles. The molecule has 0 fully saturated rings. The fraction of sp³-hybridized carbons (Fsp3) is 0.200. The number of rotatable bonds is 8. The van der Waals surface area contributed by atoms with Gasteiger partial charge in [-0.15, -0.1) is 5.10 Å². The Hall–Kier alpha value is -4.60. The van der Waals surface area contributed by atoms with E-state index in [1.54, 1.807) is 18.7 Å². The van der Waals surface area contributed by atoms with Crippen LogP contribution in [0.5, 0.6) is 0 Å². The number of allylic oxidation sites excluding steroid dienone is 4. The zero-order chi connectivity index (χ0) is 24.0. The first-order chi connectivity index (χ1) is 17.2. The van der Waals surface area contributed by atoms with Crippen molar-refractivity contribution in [3.8, 4) is 11.5 Å². The van der Waals surface area contributed by atoms with Gasteiger partial charge in [0.15, 0.2) is 12.0 Å². The Labute approximate surface area is 202 Å². The molecule has 2 aliphatic rings. The topological polar surface area (TPSA) is 110 Å². The van der Waals surface area contributed by atoms with E-state index in [0.717, 1.165) is 40.9 Å². The lowest BCUT2D eigenvalue weighted by Gasteiger charge is -2.19. The van der Waals surface area contributed by atoms with Crippen molar-refractivity contribution in [3.05, 3.63) is 90.5 Å². The zero-order valence-corrected chi connectivity index (χ0v) is 19.4. The lowest BCUT2D eigenvalue weighted by atomic mass is 10.0. The van der Waals surface area contributed by atoms with Gasteiger partial charge in [-0.25, -0.2) is 9.97 Å². The van der Waals surface area contributed by atoms with Gasteiger partial charge in [-0.2, -0.15) is 0 Å².